The van der Waals surface area contributed by atoms with E-state index >= 15 is 0 Å². The van der Waals surface area contributed by atoms with Crippen molar-refractivity contribution in [2.45, 2.75) is 26.3 Å². The molecular weight excluding hydrogens is 178 g/mol. The zero-order valence-electron chi connectivity index (χ0n) is 8.45. The molecule has 3 heteroatoms. The molecule has 0 saturated heterocycles. The lowest BCUT2D eigenvalue weighted by Gasteiger charge is -2.12. The van der Waals surface area contributed by atoms with Crippen LogP contribution in [-0.2, 0) is 11.2 Å². The molecule has 1 aromatic carbocycles. The third-order valence-corrected chi connectivity index (χ3v) is 1.97. The van der Waals surface area contributed by atoms with Crippen molar-refractivity contribution < 1.29 is 9.90 Å². The van der Waals surface area contributed by atoms with Gasteiger partial charge < -0.3 is 10.4 Å². The Morgan fingerprint density at radius 1 is 1.50 bits per heavy atom. The van der Waals surface area contributed by atoms with Crippen LogP contribution in [0.1, 0.15) is 19.4 Å². The first kappa shape index (κ1) is 10.6. The Bertz CT molecular complexity index is 323. The molecule has 0 saturated carbocycles. The fraction of sp³-hybridized carbons (Fsp3) is 0.364. The van der Waals surface area contributed by atoms with Crippen LogP contribution in [0.3, 0.4) is 0 Å². The first-order valence-electron chi connectivity index (χ1n) is 4.63. The fourth-order valence-electron chi connectivity index (χ4n) is 1.41. The first-order valence-corrected chi connectivity index (χ1v) is 4.63. The van der Waals surface area contributed by atoms with Gasteiger partial charge in [-0.2, -0.15) is 0 Å². The molecule has 0 aliphatic heterocycles. The van der Waals surface area contributed by atoms with Crippen molar-refractivity contribution in [1.82, 2.24) is 5.32 Å². The quantitative estimate of drug-likeness (QED) is 0.763. The molecule has 0 aliphatic rings. The van der Waals surface area contributed by atoms with E-state index in [1.807, 2.05) is 19.1 Å². The average Bonchev–Trinajstić information content (AvgIpc) is 2.07. The van der Waals surface area contributed by atoms with Crippen molar-refractivity contribution in [1.29, 1.82) is 0 Å². The number of hydrogen-bond acceptors (Lipinski definition) is 2. The number of hydrogen-bond donors (Lipinski definition) is 2. The summed E-state index contributed by atoms with van der Waals surface area (Å²) < 4.78 is 0. The summed E-state index contributed by atoms with van der Waals surface area (Å²) in [5.74, 6) is 0.234. The van der Waals surface area contributed by atoms with Crippen LogP contribution in [0.25, 0.3) is 0 Å². The minimum absolute atomic E-state index is 0.0424. The van der Waals surface area contributed by atoms with Crippen molar-refractivity contribution in [2.24, 2.45) is 0 Å². The zero-order chi connectivity index (χ0) is 10.6. The third-order valence-electron chi connectivity index (χ3n) is 1.97. The van der Waals surface area contributed by atoms with Crippen molar-refractivity contribution in [3.8, 4) is 5.75 Å². The molecule has 1 atom stereocenters. The summed E-state index contributed by atoms with van der Waals surface area (Å²) >= 11 is 0. The molecule has 14 heavy (non-hydrogen) atoms. The van der Waals surface area contributed by atoms with Gasteiger partial charge in [0.1, 0.15) is 5.75 Å². The molecule has 0 spiro atoms. The third kappa shape index (κ3) is 3.09. The topological polar surface area (TPSA) is 49.3 Å². The fourth-order valence-corrected chi connectivity index (χ4v) is 1.41. The number of nitrogens with one attached hydrogen (secondary N) is 1. The number of benzene rings is 1. The van der Waals surface area contributed by atoms with Gasteiger partial charge in [0.2, 0.25) is 5.91 Å². The van der Waals surface area contributed by atoms with Crippen molar-refractivity contribution in [3.63, 3.8) is 0 Å². The van der Waals surface area contributed by atoms with E-state index in [0.29, 0.717) is 6.42 Å². The number of aromatic hydroxyl groups is 1. The summed E-state index contributed by atoms with van der Waals surface area (Å²) in [6.07, 6.45) is 0.645. The molecule has 0 unspecified atom stereocenters. The van der Waals surface area contributed by atoms with Gasteiger partial charge in [0, 0.05) is 13.0 Å². The molecule has 1 amide bonds. The first-order chi connectivity index (χ1) is 6.59. The predicted molar refractivity (Wildman–Crippen MR) is 55.1 cm³/mol. The highest BCUT2D eigenvalue weighted by Crippen LogP contribution is 2.16. The summed E-state index contributed by atoms with van der Waals surface area (Å²) in [7, 11) is 0. The van der Waals surface area contributed by atoms with Gasteiger partial charge >= 0.3 is 0 Å². The minimum Gasteiger partial charge on any atom is -0.508 e. The number of para-hydroxylation sites is 1. The van der Waals surface area contributed by atoms with Crippen molar-refractivity contribution >= 4 is 5.91 Å². The van der Waals surface area contributed by atoms with Gasteiger partial charge in [-0.1, -0.05) is 18.2 Å². The molecule has 2 N–H and O–H groups in total. The second-order valence-corrected chi connectivity index (χ2v) is 3.43. The lowest BCUT2D eigenvalue weighted by molar-refractivity contribution is -0.119. The molecule has 0 heterocycles. The minimum atomic E-state index is -0.0482. The van der Waals surface area contributed by atoms with Gasteiger partial charge in [0.15, 0.2) is 0 Å². The molecule has 0 radical (unpaired) electrons. The van der Waals surface area contributed by atoms with Gasteiger partial charge in [-0.05, 0) is 25.0 Å². The maximum atomic E-state index is 10.8. The molecule has 0 aromatic heterocycles. The molecular formula is C11H15NO2. The highest BCUT2D eigenvalue weighted by molar-refractivity contribution is 5.73. The number of amides is 1. The summed E-state index contributed by atoms with van der Waals surface area (Å²) in [6, 6.07) is 7.20. The number of carbonyl (C=O) groups is 1. The average molecular weight is 193 g/mol. The van der Waals surface area contributed by atoms with Gasteiger partial charge in [-0.15, -0.1) is 0 Å². The predicted octanol–water partition coefficient (Wildman–Crippen LogP) is 1.46. The van der Waals surface area contributed by atoms with E-state index in [-0.39, 0.29) is 17.7 Å². The molecule has 1 aromatic rings. The highest BCUT2D eigenvalue weighted by Gasteiger charge is 2.07. The summed E-state index contributed by atoms with van der Waals surface area (Å²) in [4.78, 5) is 10.8. The SMILES string of the molecule is CC(=O)N[C@@H](C)Cc1ccccc1O. The zero-order valence-corrected chi connectivity index (χ0v) is 8.45. The standard InChI is InChI=1S/C11H15NO2/c1-8(12-9(2)13)7-10-5-3-4-6-11(10)14/h3-6,8,14H,7H2,1-2H3,(H,12,13)/t8-/m0/s1. The normalized spacial score (nSPS) is 12.1. The van der Waals surface area contributed by atoms with Gasteiger partial charge in [-0.3, -0.25) is 4.79 Å². The maximum Gasteiger partial charge on any atom is 0.217 e. The van der Waals surface area contributed by atoms with E-state index in [9.17, 15) is 9.90 Å². The van der Waals surface area contributed by atoms with Crippen molar-refractivity contribution in [2.75, 3.05) is 0 Å². The maximum absolute atomic E-state index is 10.8. The van der Waals surface area contributed by atoms with E-state index in [0.717, 1.165) is 5.56 Å². The van der Waals surface area contributed by atoms with E-state index in [4.69, 9.17) is 0 Å². The number of carbonyl (C=O) groups excluding carboxylic acids is 1. The van der Waals surface area contributed by atoms with E-state index in [1.165, 1.54) is 6.92 Å². The Morgan fingerprint density at radius 2 is 2.14 bits per heavy atom. The van der Waals surface area contributed by atoms with E-state index in [2.05, 4.69) is 5.32 Å². The molecule has 0 fully saturated rings. The Kier molecular flexibility index (Phi) is 3.51. The van der Waals surface area contributed by atoms with Gasteiger partial charge in [-0.25, -0.2) is 0 Å². The Hall–Kier alpha value is -1.51. The number of phenolic OH excluding ortho intramolecular Hbond substituents is 1. The van der Waals surface area contributed by atoms with Crippen LogP contribution < -0.4 is 5.32 Å². The summed E-state index contributed by atoms with van der Waals surface area (Å²) in [5.41, 5.74) is 0.855. The molecule has 3 nitrogen and oxygen atoms in total. The second-order valence-electron chi connectivity index (χ2n) is 3.43. The van der Waals surface area contributed by atoms with Gasteiger partial charge in [0.25, 0.3) is 0 Å². The van der Waals surface area contributed by atoms with Crippen LogP contribution in [0.15, 0.2) is 24.3 Å². The van der Waals surface area contributed by atoms with E-state index in [1.54, 1.807) is 12.1 Å². The highest BCUT2D eigenvalue weighted by atomic mass is 16.3. The molecule has 0 aliphatic carbocycles. The Balaban J connectivity index is 2.60. The second kappa shape index (κ2) is 4.65. The van der Waals surface area contributed by atoms with Crippen LogP contribution in [-0.4, -0.2) is 17.1 Å². The van der Waals surface area contributed by atoms with Crippen LogP contribution >= 0.6 is 0 Å². The van der Waals surface area contributed by atoms with Crippen molar-refractivity contribution in [3.05, 3.63) is 29.8 Å². The van der Waals surface area contributed by atoms with Gasteiger partial charge in [0.05, 0.1) is 0 Å². The molecule has 76 valence electrons. The van der Waals surface area contributed by atoms with Crippen LogP contribution in [0.2, 0.25) is 0 Å². The largest absolute Gasteiger partial charge is 0.508 e. The molecule has 0 bridgehead atoms. The number of rotatable bonds is 3. The smallest absolute Gasteiger partial charge is 0.217 e. The Morgan fingerprint density at radius 3 is 2.71 bits per heavy atom. The lowest BCUT2D eigenvalue weighted by atomic mass is 10.1. The number of phenols is 1. The summed E-state index contributed by atoms with van der Waals surface area (Å²) in [5, 5.41) is 12.2. The van der Waals surface area contributed by atoms with Crippen LogP contribution in [0.4, 0.5) is 0 Å². The Labute approximate surface area is 83.8 Å². The van der Waals surface area contributed by atoms with Crippen LogP contribution in [0.5, 0.6) is 5.75 Å². The molecule has 1 rings (SSSR count). The summed E-state index contributed by atoms with van der Waals surface area (Å²) in [6.45, 7) is 3.40. The van der Waals surface area contributed by atoms with E-state index < -0.39 is 0 Å². The monoisotopic (exact) mass is 193 g/mol. The van der Waals surface area contributed by atoms with Crippen LogP contribution in [0, 0.1) is 0 Å². The lowest BCUT2D eigenvalue weighted by Crippen LogP contribution is -2.32.